The fourth-order valence-electron chi connectivity index (χ4n) is 3.02. The van der Waals surface area contributed by atoms with E-state index in [2.05, 4.69) is 27.6 Å². The number of nitrogens with one attached hydrogen (secondary N) is 1. The summed E-state index contributed by atoms with van der Waals surface area (Å²) in [5, 5.41) is 4.23. The smallest absolute Gasteiger partial charge is 0.271 e. The molecule has 27 heavy (non-hydrogen) atoms. The number of morpholine rings is 1. The van der Waals surface area contributed by atoms with Crippen molar-refractivity contribution >= 4 is 11.6 Å². The summed E-state index contributed by atoms with van der Waals surface area (Å²) in [6.45, 7) is 6.33. The first-order chi connectivity index (χ1) is 13.2. The standard InChI is InChI=1S/C22H27N3O2/c1-18(7-8-19-5-3-2-4-6-19)23-24-22(26)21-11-9-20(10-12-21)17-25-13-15-27-16-14-25/h2-6,9-12H,7-8,13-17H2,1H3,(H,24,26)/b23-18-. The van der Waals surface area contributed by atoms with E-state index in [4.69, 9.17) is 4.74 Å². The summed E-state index contributed by atoms with van der Waals surface area (Å²) in [5.74, 6) is -0.174. The molecule has 0 aromatic heterocycles. The maximum Gasteiger partial charge on any atom is 0.271 e. The molecule has 0 radical (unpaired) electrons. The van der Waals surface area contributed by atoms with Crippen LogP contribution in [0.2, 0.25) is 0 Å². The van der Waals surface area contributed by atoms with Crippen LogP contribution in [0.15, 0.2) is 59.7 Å². The molecule has 0 bridgehead atoms. The number of hydrazone groups is 1. The SMILES string of the molecule is C/C(CCc1ccccc1)=N/NC(=O)c1ccc(CN2CCOCC2)cc1. The molecule has 1 heterocycles. The third-order valence-corrected chi connectivity index (χ3v) is 4.69. The van der Waals surface area contributed by atoms with Crippen LogP contribution in [0.25, 0.3) is 0 Å². The first-order valence-electron chi connectivity index (χ1n) is 9.47. The van der Waals surface area contributed by atoms with Gasteiger partial charge in [0.15, 0.2) is 0 Å². The van der Waals surface area contributed by atoms with E-state index in [-0.39, 0.29) is 5.91 Å². The van der Waals surface area contributed by atoms with E-state index in [0.29, 0.717) is 5.56 Å². The number of amides is 1. The number of benzene rings is 2. The Hall–Kier alpha value is -2.50. The Morgan fingerprint density at radius 3 is 2.44 bits per heavy atom. The first-order valence-corrected chi connectivity index (χ1v) is 9.47. The normalized spacial score (nSPS) is 15.5. The molecule has 0 unspecified atom stereocenters. The fraction of sp³-hybridized carbons (Fsp3) is 0.364. The van der Waals surface area contributed by atoms with Gasteiger partial charge >= 0.3 is 0 Å². The average Bonchev–Trinajstić information content (AvgIpc) is 2.72. The third kappa shape index (κ3) is 6.31. The van der Waals surface area contributed by atoms with E-state index in [1.54, 1.807) is 0 Å². The largest absolute Gasteiger partial charge is 0.379 e. The Labute approximate surface area is 161 Å². The third-order valence-electron chi connectivity index (χ3n) is 4.69. The molecule has 0 spiro atoms. The van der Waals surface area contributed by atoms with Crippen LogP contribution in [-0.4, -0.2) is 42.8 Å². The highest BCUT2D eigenvalue weighted by molar-refractivity contribution is 5.95. The van der Waals surface area contributed by atoms with E-state index < -0.39 is 0 Å². The minimum Gasteiger partial charge on any atom is -0.379 e. The maximum atomic E-state index is 12.3. The minimum atomic E-state index is -0.174. The number of carbonyl (C=O) groups excluding carboxylic acids is 1. The molecule has 1 amide bonds. The lowest BCUT2D eigenvalue weighted by molar-refractivity contribution is 0.0342. The molecule has 5 heteroatoms. The number of hydrogen-bond acceptors (Lipinski definition) is 4. The predicted molar refractivity (Wildman–Crippen MR) is 108 cm³/mol. The molecule has 2 aromatic rings. The van der Waals surface area contributed by atoms with Gasteiger partial charge < -0.3 is 4.74 Å². The number of nitrogens with zero attached hydrogens (tertiary/aromatic N) is 2. The van der Waals surface area contributed by atoms with Gasteiger partial charge in [0.25, 0.3) is 5.91 Å². The van der Waals surface area contributed by atoms with Crippen LogP contribution >= 0.6 is 0 Å². The van der Waals surface area contributed by atoms with E-state index >= 15 is 0 Å². The van der Waals surface area contributed by atoms with Crippen molar-refractivity contribution in [3.63, 3.8) is 0 Å². The van der Waals surface area contributed by atoms with Gasteiger partial charge in [-0.2, -0.15) is 5.10 Å². The van der Waals surface area contributed by atoms with Crippen LogP contribution in [0.3, 0.4) is 0 Å². The summed E-state index contributed by atoms with van der Waals surface area (Å²) in [7, 11) is 0. The highest BCUT2D eigenvalue weighted by Gasteiger charge is 2.11. The van der Waals surface area contributed by atoms with Gasteiger partial charge in [-0.3, -0.25) is 9.69 Å². The number of rotatable bonds is 7. The van der Waals surface area contributed by atoms with E-state index in [0.717, 1.165) is 51.4 Å². The van der Waals surface area contributed by atoms with Crippen LogP contribution < -0.4 is 5.43 Å². The summed E-state index contributed by atoms with van der Waals surface area (Å²) >= 11 is 0. The molecule has 5 nitrogen and oxygen atoms in total. The Kier molecular flexibility index (Phi) is 7.13. The van der Waals surface area contributed by atoms with Crippen molar-refractivity contribution in [3.8, 4) is 0 Å². The lowest BCUT2D eigenvalue weighted by atomic mass is 10.1. The Morgan fingerprint density at radius 1 is 1.04 bits per heavy atom. The van der Waals surface area contributed by atoms with Gasteiger partial charge in [0.05, 0.1) is 13.2 Å². The zero-order valence-electron chi connectivity index (χ0n) is 15.9. The van der Waals surface area contributed by atoms with Crippen molar-refractivity contribution in [1.29, 1.82) is 0 Å². The summed E-state index contributed by atoms with van der Waals surface area (Å²) in [6, 6.07) is 18.0. The summed E-state index contributed by atoms with van der Waals surface area (Å²) in [6.07, 6.45) is 1.74. The van der Waals surface area contributed by atoms with Crippen LogP contribution in [0.5, 0.6) is 0 Å². The van der Waals surface area contributed by atoms with E-state index in [9.17, 15) is 4.79 Å². The highest BCUT2D eigenvalue weighted by atomic mass is 16.5. The molecular weight excluding hydrogens is 338 g/mol. The van der Waals surface area contributed by atoms with E-state index in [1.165, 1.54) is 11.1 Å². The molecule has 1 N–H and O–H groups in total. The number of aryl methyl sites for hydroxylation is 1. The second-order valence-electron chi connectivity index (χ2n) is 6.86. The van der Waals surface area contributed by atoms with Crippen molar-refractivity contribution < 1.29 is 9.53 Å². The molecule has 142 valence electrons. The van der Waals surface area contributed by atoms with Gasteiger partial charge in [0, 0.05) is 30.9 Å². The summed E-state index contributed by atoms with van der Waals surface area (Å²) < 4.78 is 5.37. The van der Waals surface area contributed by atoms with Crippen LogP contribution in [0.1, 0.15) is 34.8 Å². The molecule has 0 atom stereocenters. The van der Waals surface area contributed by atoms with Crippen molar-refractivity contribution in [2.24, 2.45) is 5.10 Å². The molecule has 1 aliphatic rings. The van der Waals surface area contributed by atoms with E-state index in [1.807, 2.05) is 49.4 Å². The Balaban J connectivity index is 1.46. The number of carbonyl (C=O) groups is 1. The highest BCUT2D eigenvalue weighted by Crippen LogP contribution is 2.09. The maximum absolute atomic E-state index is 12.3. The summed E-state index contributed by atoms with van der Waals surface area (Å²) in [5.41, 5.74) is 6.67. The zero-order valence-corrected chi connectivity index (χ0v) is 15.9. The molecular formula is C22H27N3O2. The lowest BCUT2D eigenvalue weighted by Gasteiger charge is -2.26. The monoisotopic (exact) mass is 365 g/mol. The van der Waals surface area contributed by atoms with Gasteiger partial charge in [0.2, 0.25) is 0 Å². The number of hydrogen-bond donors (Lipinski definition) is 1. The van der Waals surface area contributed by atoms with Crippen molar-refractivity contribution in [3.05, 3.63) is 71.3 Å². The van der Waals surface area contributed by atoms with Crippen molar-refractivity contribution in [2.45, 2.75) is 26.3 Å². The van der Waals surface area contributed by atoms with Gasteiger partial charge in [-0.05, 0) is 43.0 Å². The zero-order chi connectivity index (χ0) is 18.9. The molecule has 0 aliphatic carbocycles. The van der Waals surface area contributed by atoms with Crippen molar-refractivity contribution in [2.75, 3.05) is 26.3 Å². The van der Waals surface area contributed by atoms with Gasteiger partial charge in [0.1, 0.15) is 0 Å². The van der Waals surface area contributed by atoms with Gasteiger partial charge in [-0.25, -0.2) is 5.43 Å². The molecule has 3 rings (SSSR count). The number of ether oxygens (including phenoxy) is 1. The predicted octanol–water partition coefficient (Wildman–Crippen LogP) is 3.26. The lowest BCUT2D eigenvalue weighted by Crippen LogP contribution is -2.35. The molecule has 1 aliphatic heterocycles. The second-order valence-corrected chi connectivity index (χ2v) is 6.86. The molecule has 0 saturated carbocycles. The van der Waals surface area contributed by atoms with Gasteiger partial charge in [-0.15, -0.1) is 0 Å². The molecule has 1 saturated heterocycles. The second kappa shape index (κ2) is 10.00. The van der Waals surface area contributed by atoms with Crippen LogP contribution in [-0.2, 0) is 17.7 Å². The molecule has 1 fully saturated rings. The van der Waals surface area contributed by atoms with Crippen molar-refractivity contribution in [1.82, 2.24) is 10.3 Å². The Morgan fingerprint density at radius 2 is 1.74 bits per heavy atom. The minimum absolute atomic E-state index is 0.174. The summed E-state index contributed by atoms with van der Waals surface area (Å²) in [4.78, 5) is 14.6. The average molecular weight is 365 g/mol. The molecule has 2 aromatic carbocycles. The first kappa shape index (κ1) is 19.3. The van der Waals surface area contributed by atoms with Gasteiger partial charge in [-0.1, -0.05) is 42.5 Å². The van der Waals surface area contributed by atoms with Crippen LogP contribution in [0, 0.1) is 0 Å². The Bertz CT molecular complexity index is 751. The quantitative estimate of drug-likeness (QED) is 0.605. The van der Waals surface area contributed by atoms with Crippen LogP contribution in [0.4, 0.5) is 0 Å². The fourth-order valence-corrected chi connectivity index (χ4v) is 3.02. The topological polar surface area (TPSA) is 53.9 Å².